The summed E-state index contributed by atoms with van der Waals surface area (Å²) in [6.45, 7) is 2.32. The van der Waals surface area contributed by atoms with Crippen LogP contribution < -0.4 is 5.32 Å². The third-order valence-corrected chi connectivity index (χ3v) is 2.90. The maximum atomic E-state index is 11.9. The Kier molecular flexibility index (Phi) is 3.62. The summed E-state index contributed by atoms with van der Waals surface area (Å²) in [5.41, 5.74) is 2.25. The Morgan fingerprint density at radius 1 is 1.56 bits per heavy atom. The van der Waals surface area contributed by atoms with Crippen LogP contribution >= 0.6 is 11.6 Å². The first-order chi connectivity index (χ1) is 8.58. The average Bonchev–Trinajstić information content (AvgIpc) is 2.65. The Morgan fingerprint density at radius 3 is 2.94 bits per heavy atom. The molecule has 1 amide bonds. The first-order valence-corrected chi connectivity index (χ1v) is 5.82. The van der Waals surface area contributed by atoms with E-state index >= 15 is 0 Å². The zero-order valence-electron chi connectivity index (χ0n) is 10.1. The van der Waals surface area contributed by atoms with E-state index in [4.69, 9.17) is 11.6 Å². The minimum Gasteiger partial charge on any atom is -0.348 e. The van der Waals surface area contributed by atoms with Crippen molar-refractivity contribution in [1.29, 1.82) is 0 Å². The largest absolute Gasteiger partial charge is 0.348 e. The van der Waals surface area contributed by atoms with Gasteiger partial charge in [-0.1, -0.05) is 11.6 Å². The molecule has 0 saturated carbocycles. The number of carbonyl (C=O) groups is 1. The SMILES string of the molecule is Cc1nn(C)cc1CNC(=O)c1cnccc1Cl. The van der Waals surface area contributed by atoms with E-state index in [2.05, 4.69) is 15.4 Å². The number of rotatable bonds is 3. The summed E-state index contributed by atoms with van der Waals surface area (Å²) in [7, 11) is 1.84. The van der Waals surface area contributed by atoms with Crippen LogP contribution in [0.4, 0.5) is 0 Å². The van der Waals surface area contributed by atoms with Gasteiger partial charge in [0.05, 0.1) is 16.3 Å². The molecule has 0 saturated heterocycles. The minimum atomic E-state index is -0.239. The molecule has 0 spiro atoms. The van der Waals surface area contributed by atoms with Crippen molar-refractivity contribution in [2.24, 2.45) is 7.05 Å². The van der Waals surface area contributed by atoms with Gasteiger partial charge in [0.1, 0.15) is 0 Å². The molecule has 6 heteroatoms. The van der Waals surface area contributed by atoms with E-state index in [1.54, 1.807) is 16.9 Å². The molecule has 0 unspecified atom stereocenters. The fourth-order valence-electron chi connectivity index (χ4n) is 1.64. The Bertz CT molecular complexity index is 579. The minimum absolute atomic E-state index is 0.239. The van der Waals surface area contributed by atoms with Gasteiger partial charge in [0.25, 0.3) is 5.91 Å². The van der Waals surface area contributed by atoms with Gasteiger partial charge >= 0.3 is 0 Å². The molecular formula is C12H13ClN4O. The molecule has 0 fully saturated rings. The number of pyridine rings is 1. The molecule has 2 rings (SSSR count). The van der Waals surface area contributed by atoms with Gasteiger partial charge < -0.3 is 5.32 Å². The molecule has 0 aliphatic rings. The number of nitrogens with zero attached hydrogens (tertiary/aromatic N) is 3. The van der Waals surface area contributed by atoms with E-state index in [0.717, 1.165) is 11.3 Å². The van der Waals surface area contributed by atoms with E-state index in [1.807, 2.05) is 20.2 Å². The molecule has 0 radical (unpaired) electrons. The van der Waals surface area contributed by atoms with Crippen molar-refractivity contribution < 1.29 is 4.79 Å². The number of nitrogens with one attached hydrogen (secondary N) is 1. The second-order valence-corrected chi connectivity index (χ2v) is 4.36. The van der Waals surface area contributed by atoms with E-state index in [0.29, 0.717) is 17.1 Å². The summed E-state index contributed by atoms with van der Waals surface area (Å²) >= 11 is 5.92. The van der Waals surface area contributed by atoms with Crippen LogP contribution in [0, 0.1) is 6.92 Å². The molecule has 18 heavy (non-hydrogen) atoms. The van der Waals surface area contributed by atoms with Crippen molar-refractivity contribution in [3.05, 3.63) is 46.5 Å². The molecule has 0 bridgehead atoms. The monoisotopic (exact) mass is 264 g/mol. The third kappa shape index (κ3) is 2.68. The lowest BCUT2D eigenvalue weighted by Crippen LogP contribution is -2.23. The van der Waals surface area contributed by atoms with Crippen molar-refractivity contribution >= 4 is 17.5 Å². The lowest BCUT2D eigenvalue weighted by Gasteiger charge is -2.05. The zero-order valence-corrected chi connectivity index (χ0v) is 10.9. The van der Waals surface area contributed by atoms with Crippen LogP contribution in [0.25, 0.3) is 0 Å². The lowest BCUT2D eigenvalue weighted by atomic mass is 10.2. The molecule has 0 aliphatic carbocycles. The number of carbonyl (C=O) groups excluding carboxylic acids is 1. The summed E-state index contributed by atoms with van der Waals surface area (Å²) in [6, 6.07) is 1.59. The molecular weight excluding hydrogens is 252 g/mol. The van der Waals surface area contributed by atoms with Crippen LogP contribution in [0.15, 0.2) is 24.7 Å². The Hall–Kier alpha value is -1.88. The van der Waals surface area contributed by atoms with Gasteiger partial charge in [0.15, 0.2) is 0 Å². The molecule has 2 aromatic rings. The topological polar surface area (TPSA) is 59.8 Å². The van der Waals surface area contributed by atoms with Gasteiger partial charge in [0, 0.05) is 37.7 Å². The van der Waals surface area contributed by atoms with E-state index in [-0.39, 0.29) is 5.91 Å². The quantitative estimate of drug-likeness (QED) is 0.918. The predicted octanol–water partition coefficient (Wildman–Crippen LogP) is 1.71. The van der Waals surface area contributed by atoms with Gasteiger partial charge in [-0.3, -0.25) is 14.5 Å². The molecule has 2 aromatic heterocycles. The number of halogens is 1. The van der Waals surface area contributed by atoms with E-state index in [1.165, 1.54) is 6.20 Å². The number of aromatic nitrogens is 3. The van der Waals surface area contributed by atoms with E-state index in [9.17, 15) is 4.79 Å². The van der Waals surface area contributed by atoms with Crippen molar-refractivity contribution in [1.82, 2.24) is 20.1 Å². The Labute approximate surface area is 110 Å². The molecule has 2 heterocycles. The smallest absolute Gasteiger partial charge is 0.254 e. The second-order valence-electron chi connectivity index (χ2n) is 3.95. The van der Waals surface area contributed by atoms with Crippen molar-refractivity contribution in [3.63, 3.8) is 0 Å². The fourth-order valence-corrected chi connectivity index (χ4v) is 1.83. The summed E-state index contributed by atoms with van der Waals surface area (Å²) in [6.07, 6.45) is 4.87. The molecule has 0 atom stereocenters. The van der Waals surface area contributed by atoms with Gasteiger partial charge in [-0.15, -0.1) is 0 Å². The number of hydrogen-bond acceptors (Lipinski definition) is 3. The van der Waals surface area contributed by atoms with Gasteiger partial charge in [-0.25, -0.2) is 0 Å². The Balaban J connectivity index is 2.05. The van der Waals surface area contributed by atoms with Gasteiger partial charge in [-0.2, -0.15) is 5.10 Å². The molecule has 0 aromatic carbocycles. The summed E-state index contributed by atoms with van der Waals surface area (Å²) < 4.78 is 1.72. The highest BCUT2D eigenvalue weighted by molar-refractivity contribution is 6.33. The van der Waals surface area contributed by atoms with Crippen LogP contribution in [-0.2, 0) is 13.6 Å². The first kappa shape index (κ1) is 12.6. The van der Waals surface area contributed by atoms with Crippen LogP contribution in [-0.4, -0.2) is 20.7 Å². The summed E-state index contributed by atoms with van der Waals surface area (Å²) in [5.74, 6) is -0.239. The summed E-state index contributed by atoms with van der Waals surface area (Å²) in [4.78, 5) is 15.8. The van der Waals surface area contributed by atoms with E-state index < -0.39 is 0 Å². The maximum absolute atomic E-state index is 11.9. The lowest BCUT2D eigenvalue weighted by molar-refractivity contribution is 0.0950. The van der Waals surface area contributed by atoms with Crippen LogP contribution in [0.5, 0.6) is 0 Å². The number of amides is 1. The standard InChI is InChI=1S/C12H13ClN4O/c1-8-9(7-17(2)16-8)5-15-12(18)10-6-14-4-3-11(10)13/h3-4,6-7H,5H2,1-2H3,(H,15,18). The average molecular weight is 265 g/mol. The molecule has 1 N–H and O–H groups in total. The van der Waals surface area contributed by atoms with Crippen LogP contribution in [0.3, 0.4) is 0 Å². The maximum Gasteiger partial charge on any atom is 0.254 e. The summed E-state index contributed by atoms with van der Waals surface area (Å²) in [5, 5.41) is 7.39. The van der Waals surface area contributed by atoms with Crippen molar-refractivity contribution in [2.75, 3.05) is 0 Å². The molecule has 0 aliphatic heterocycles. The second kappa shape index (κ2) is 5.18. The highest BCUT2D eigenvalue weighted by Crippen LogP contribution is 2.13. The van der Waals surface area contributed by atoms with Crippen LogP contribution in [0.2, 0.25) is 5.02 Å². The third-order valence-electron chi connectivity index (χ3n) is 2.57. The predicted molar refractivity (Wildman–Crippen MR) is 68.4 cm³/mol. The van der Waals surface area contributed by atoms with Gasteiger partial charge in [0.2, 0.25) is 0 Å². The highest BCUT2D eigenvalue weighted by Gasteiger charge is 2.11. The van der Waals surface area contributed by atoms with Crippen molar-refractivity contribution in [2.45, 2.75) is 13.5 Å². The number of aryl methyl sites for hydroxylation is 2. The van der Waals surface area contributed by atoms with Crippen molar-refractivity contribution in [3.8, 4) is 0 Å². The number of hydrogen-bond donors (Lipinski definition) is 1. The Morgan fingerprint density at radius 2 is 2.33 bits per heavy atom. The highest BCUT2D eigenvalue weighted by atomic mass is 35.5. The van der Waals surface area contributed by atoms with Crippen LogP contribution in [0.1, 0.15) is 21.6 Å². The first-order valence-electron chi connectivity index (χ1n) is 5.44. The molecule has 94 valence electrons. The zero-order chi connectivity index (χ0) is 13.1. The normalized spacial score (nSPS) is 10.4. The van der Waals surface area contributed by atoms with Gasteiger partial charge in [-0.05, 0) is 13.0 Å². The molecule has 5 nitrogen and oxygen atoms in total. The fraction of sp³-hybridized carbons (Fsp3) is 0.250.